The number of likely N-dealkylation sites (tertiary alicyclic amines) is 1. The topological polar surface area (TPSA) is 76.5 Å². The maximum Gasteiger partial charge on any atom is 0.225 e. The highest BCUT2D eigenvalue weighted by atomic mass is 79.9. The fourth-order valence-corrected chi connectivity index (χ4v) is 3.93. The van der Waals surface area contributed by atoms with Gasteiger partial charge >= 0.3 is 0 Å². The highest BCUT2D eigenvalue weighted by Gasteiger charge is 2.35. The molecule has 0 radical (unpaired) electrons. The van der Waals surface area contributed by atoms with E-state index >= 15 is 0 Å². The van der Waals surface area contributed by atoms with Crippen LogP contribution in [0.25, 0.3) is 5.52 Å². The standard InChI is InChI=1S/C15H18BrN5O/c16-11-7-12(21-13(11)14(17)18-8-19-21)9-3-5-20(6-4-9)15(22)10-1-2-10/h7-10H,1-6H2,(H2,17,18,19). The molecule has 1 amide bonds. The Hall–Kier alpha value is -1.63. The van der Waals surface area contributed by atoms with Crippen LogP contribution in [0.15, 0.2) is 16.9 Å². The number of piperidine rings is 1. The number of rotatable bonds is 2. The van der Waals surface area contributed by atoms with Gasteiger partial charge in [0.1, 0.15) is 11.8 Å². The van der Waals surface area contributed by atoms with Crippen LogP contribution in [0.4, 0.5) is 5.82 Å². The Morgan fingerprint density at radius 2 is 2.00 bits per heavy atom. The van der Waals surface area contributed by atoms with E-state index in [0.717, 1.165) is 54.5 Å². The Morgan fingerprint density at radius 1 is 1.27 bits per heavy atom. The molecule has 2 aromatic heterocycles. The summed E-state index contributed by atoms with van der Waals surface area (Å²) in [4.78, 5) is 18.2. The molecule has 0 atom stereocenters. The zero-order chi connectivity index (χ0) is 15.3. The molecule has 3 heterocycles. The van der Waals surface area contributed by atoms with E-state index in [-0.39, 0.29) is 0 Å². The van der Waals surface area contributed by atoms with Gasteiger partial charge in [-0.05, 0) is 47.7 Å². The number of carbonyl (C=O) groups excluding carboxylic acids is 1. The Labute approximate surface area is 136 Å². The van der Waals surface area contributed by atoms with Crippen molar-refractivity contribution in [3.63, 3.8) is 0 Å². The zero-order valence-electron chi connectivity index (χ0n) is 12.2. The lowest BCUT2D eigenvalue weighted by Gasteiger charge is -2.32. The minimum atomic E-state index is 0.312. The van der Waals surface area contributed by atoms with Crippen LogP contribution in [-0.4, -0.2) is 38.5 Å². The number of halogens is 1. The van der Waals surface area contributed by atoms with E-state index in [0.29, 0.717) is 23.6 Å². The largest absolute Gasteiger partial charge is 0.382 e. The van der Waals surface area contributed by atoms with Crippen molar-refractivity contribution in [2.75, 3.05) is 18.8 Å². The maximum atomic E-state index is 12.1. The van der Waals surface area contributed by atoms with Gasteiger partial charge in [0, 0.05) is 35.1 Å². The van der Waals surface area contributed by atoms with Gasteiger partial charge in [0.25, 0.3) is 0 Å². The van der Waals surface area contributed by atoms with Crippen molar-refractivity contribution >= 4 is 33.2 Å². The second-order valence-corrected chi connectivity index (χ2v) is 7.05. The first-order chi connectivity index (χ1) is 10.6. The van der Waals surface area contributed by atoms with Gasteiger partial charge in [0.2, 0.25) is 5.91 Å². The number of fused-ring (bicyclic) bond motifs is 1. The molecular formula is C15H18BrN5O. The van der Waals surface area contributed by atoms with Gasteiger partial charge in [-0.25, -0.2) is 9.50 Å². The first-order valence-corrected chi connectivity index (χ1v) is 8.51. The summed E-state index contributed by atoms with van der Waals surface area (Å²) in [6, 6.07) is 2.09. The number of nitrogens with two attached hydrogens (primary N) is 1. The number of aromatic nitrogens is 3. The van der Waals surface area contributed by atoms with E-state index in [2.05, 4.69) is 32.1 Å². The SMILES string of the molecule is Nc1ncnn2c(C3CCN(C(=O)C4CC4)CC3)cc(Br)c12. The second-order valence-electron chi connectivity index (χ2n) is 6.20. The summed E-state index contributed by atoms with van der Waals surface area (Å²) in [6.45, 7) is 1.68. The highest BCUT2D eigenvalue weighted by molar-refractivity contribution is 9.10. The van der Waals surface area contributed by atoms with Crippen molar-refractivity contribution < 1.29 is 4.79 Å². The summed E-state index contributed by atoms with van der Waals surface area (Å²) in [5.41, 5.74) is 7.92. The summed E-state index contributed by atoms with van der Waals surface area (Å²) in [5.74, 6) is 1.55. The molecule has 6 nitrogen and oxygen atoms in total. The molecule has 0 aromatic carbocycles. The summed E-state index contributed by atoms with van der Waals surface area (Å²) < 4.78 is 2.81. The van der Waals surface area contributed by atoms with Crippen molar-refractivity contribution in [1.82, 2.24) is 19.5 Å². The summed E-state index contributed by atoms with van der Waals surface area (Å²) in [6.07, 6.45) is 5.59. The van der Waals surface area contributed by atoms with Crippen molar-refractivity contribution in [1.29, 1.82) is 0 Å². The van der Waals surface area contributed by atoms with E-state index in [1.165, 1.54) is 6.33 Å². The Morgan fingerprint density at radius 3 is 2.68 bits per heavy atom. The van der Waals surface area contributed by atoms with Crippen LogP contribution in [-0.2, 0) is 4.79 Å². The molecule has 22 heavy (non-hydrogen) atoms. The van der Waals surface area contributed by atoms with E-state index in [1.807, 2.05) is 9.42 Å². The fraction of sp³-hybridized carbons (Fsp3) is 0.533. The lowest BCUT2D eigenvalue weighted by atomic mass is 9.93. The Balaban J connectivity index is 1.56. The number of nitrogen functional groups attached to an aromatic ring is 1. The van der Waals surface area contributed by atoms with E-state index in [9.17, 15) is 4.79 Å². The molecule has 2 aromatic rings. The maximum absolute atomic E-state index is 12.1. The molecule has 0 spiro atoms. The lowest BCUT2D eigenvalue weighted by molar-refractivity contribution is -0.133. The number of anilines is 1. The number of hydrogen-bond acceptors (Lipinski definition) is 4. The van der Waals surface area contributed by atoms with E-state index < -0.39 is 0 Å². The molecule has 7 heteroatoms. The van der Waals surface area contributed by atoms with Crippen LogP contribution < -0.4 is 5.73 Å². The molecule has 1 saturated heterocycles. The zero-order valence-corrected chi connectivity index (χ0v) is 13.8. The average Bonchev–Trinajstić information content (AvgIpc) is 3.32. The Kier molecular flexibility index (Phi) is 3.32. The summed E-state index contributed by atoms with van der Waals surface area (Å²) >= 11 is 3.55. The molecule has 1 aliphatic carbocycles. The minimum Gasteiger partial charge on any atom is -0.382 e. The quantitative estimate of drug-likeness (QED) is 0.886. The van der Waals surface area contributed by atoms with Crippen molar-refractivity contribution in [2.24, 2.45) is 5.92 Å². The molecule has 0 bridgehead atoms. The van der Waals surface area contributed by atoms with Gasteiger partial charge in [0.15, 0.2) is 5.82 Å². The van der Waals surface area contributed by atoms with E-state index in [4.69, 9.17) is 5.73 Å². The predicted molar refractivity (Wildman–Crippen MR) is 86.4 cm³/mol. The molecule has 1 saturated carbocycles. The van der Waals surface area contributed by atoms with Gasteiger partial charge in [0.05, 0.1) is 0 Å². The molecule has 2 N–H and O–H groups in total. The van der Waals surface area contributed by atoms with Crippen molar-refractivity contribution in [3.8, 4) is 0 Å². The molecule has 4 rings (SSSR count). The van der Waals surface area contributed by atoms with Crippen LogP contribution >= 0.6 is 15.9 Å². The molecule has 2 fully saturated rings. The lowest BCUT2D eigenvalue weighted by Crippen LogP contribution is -2.39. The van der Waals surface area contributed by atoms with Crippen molar-refractivity contribution in [3.05, 3.63) is 22.6 Å². The number of carbonyl (C=O) groups is 1. The van der Waals surface area contributed by atoms with Crippen LogP contribution in [0, 0.1) is 5.92 Å². The molecular weight excluding hydrogens is 346 g/mol. The van der Waals surface area contributed by atoms with Crippen molar-refractivity contribution in [2.45, 2.75) is 31.6 Å². The summed E-state index contributed by atoms with van der Waals surface area (Å²) in [7, 11) is 0. The monoisotopic (exact) mass is 363 g/mol. The van der Waals surface area contributed by atoms with Crippen LogP contribution in [0.2, 0.25) is 0 Å². The number of hydrogen-bond donors (Lipinski definition) is 1. The number of nitrogens with zero attached hydrogens (tertiary/aromatic N) is 4. The van der Waals surface area contributed by atoms with Crippen LogP contribution in [0.5, 0.6) is 0 Å². The molecule has 116 valence electrons. The van der Waals surface area contributed by atoms with Crippen LogP contribution in [0.1, 0.15) is 37.3 Å². The third kappa shape index (κ3) is 2.27. The third-order valence-electron chi connectivity index (χ3n) is 4.72. The predicted octanol–water partition coefficient (Wildman–Crippen LogP) is 2.19. The molecule has 1 aliphatic heterocycles. The third-order valence-corrected chi connectivity index (χ3v) is 5.32. The minimum absolute atomic E-state index is 0.312. The summed E-state index contributed by atoms with van der Waals surface area (Å²) in [5, 5.41) is 4.35. The second kappa shape index (κ2) is 5.22. The fourth-order valence-electron chi connectivity index (χ4n) is 3.32. The highest BCUT2D eigenvalue weighted by Crippen LogP contribution is 2.36. The Bertz CT molecular complexity index is 731. The molecule has 2 aliphatic rings. The van der Waals surface area contributed by atoms with Gasteiger partial charge in [-0.15, -0.1) is 0 Å². The van der Waals surface area contributed by atoms with Crippen LogP contribution in [0.3, 0.4) is 0 Å². The first-order valence-electron chi connectivity index (χ1n) is 7.71. The average molecular weight is 364 g/mol. The smallest absolute Gasteiger partial charge is 0.225 e. The number of amides is 1. The normalized spacial score (nSPS) is 19.8. The molecule has 0 unspecified atom stereocenters. The van der Waals surface area contributed by atoms with E-state index in [1.54, 1.807) is 0 Å². The van der Waals surface area contributed by atoms with Gasteiger partial charge < -0.3 is 10.6 Å². The van der Waals surface area contributed by atoms with Gasteiger partial charge in [-0.3, -0.25) is 4.79 Å². The van der Waals surface area contributed by atoms with Gasteiger partial charge in [-0.2, -0.15) is 5.10 Å². The van der Waals surface area contributed by atoms with Gasteiger partial charge in [-0.1, -0.05) is 0 Å². The first kappa shape index (κ1) is 14.0.